The lowest BCUT2D eigenvalue weighted by atomic mass is 9.99. The molecule has 0 bridgehead atoms. The highest BCUT2D eigenvalue weighted by Crippen LogP contribution is 2.11. The molecule has 0 aromatic heterocycles. The number of rotatable bonds is 9. The van der Waals surface area contributed by atoms with Gasteiger partial charge in [0.1, 0.15) is 6.04 Å². The van der Waals surface area contributed by atoms with Crippen LogP contribution in [0, 0.1) is 5.92 Å². The van der Waals surface area contributed by atoms with Gasteiger partial charge in [-0.1, -0.05) is 44.7 Å². The minimum absolute atomic E-state index is 0.151. The SMILES string of the molecule is CCCCC(CC)CNC(=O)C(C)NC(=O)c1ccc(Cl)cc1. The molecule has 4 nitrogen and oxygen atoms in total. The second-order valence-corrected chi connectivity index (χ2v) is 6.30. The Kier molecular flexibility index (Phi) is 8.70. The van der Waals surface area contributed by atoms with Gasteiger partial charge in [-0.3, -0.25) is 9.59 Å². The number of unbranched alkanes of at least 4 members (excludes halogenated alkanes) is 1. The van der Waals surface area contributed by atoms with E-state index in [2.05, 4.69) is 24.5 Å². The van der Waals surface area contributed by atoms with Gasteiger partial charge >= 0.3 is 0 Å². The second-order valence-electron chi connectivity index (χ2n) is 5.86. The van der Waals surface area contributed by atoms with E-state index in [1.54, 1.807) is 31.2 Å². The van der Waals surface area contributed by atoms with Crippen LogP contribution in [-0.2, 0) is 4.79 Å². The van der Waals surface area contributed by atoms with E-state index in [1.165, 1.54) is 6.42 Å². The molecule has 0 aliphatic rings. The topological polar surface area (TPSA) is 58.2 Å². The predicted octanol–water partition coefficient (Wildman–Crippen LogP) is 3.79. The van der Waals surface area contributed by atoms with Crippen LogP contribution < -0.4 is 10.6 Å². The van der Waals surface area contributed by atoms with Gasteiger partial charge in [-0.05, 0) is 43.5 Å². The van der Waals surface area contributed by atoms with E-state index in [1.807, 2.05) is 0 Å². The van der Waals surface area contributed by atoms with Crippen molar-refractivity contribution in [2.24, 2.45) is 5.92 Å². The van der Waals surface area contributed by atoms with Crippen LogP contribution in [0.25, 0.3) is 0 Å². The molecule has 2 atom stereocenters. The zero-order chi connectivity index (χ0) is 17.2. The average molecular weight is 339 g/mol. The lowest BCUT2D eigenvalue weighted by Gasteiger charge is -2.18. The molecule has 0 fully saturated rings. The van der Waals surface area contributed by atoms with E-state index in [4.69, 9.17) is 11.6 Å². The molecule has 2 amide bonds. The Hall–Kier alpha value is -1.55. The maximum absolute atomic E-state index is 12.1. The van der Waals surface area contributed by atoms with E-state index in [0.717, 1.165) is 19.3 Å². The molecule has 2 unspecified atom stereocenters. The summed E-state index contributed by atoms with van der Waals surface area (Å²) < 4.78 is 0. The molecule has 0 saturated heterocycles. The fourth-order valence-corrected chi connectivity index (χ4v) is 2.41. The number of benzene rings is 1. The first-order valence-electron chi connectivity index (χ1n) is 8.32. The van der Waals surface area contributed by atoms with Crippen LogP contribution in [0.1, 0.15) is 56.8 Å². The van der Waals surface area contributed by atoms with Crippen LogP contribution in [-0.4, -0.2) is 24.4 Å². The Morgan fingerprint density at radius 1 is 1.17 bits per heavy atom. The highest BCUT2D eigenvalue weighted by molar-refractivity contribution is 6.30. The number of hydrogen-bond donors (Lipinski definition) is 2. The number of amides is 2. The van der Waals surface area contributed by atoms with Gasteiger partial charge in [-0.25, -0.2) is 0 Å². The van der Waals surface area contributed by atoms with Gasteiger partial charge in [0, 0.05) is 17.1 Å². The first kappa shape index (κ1) is 19.5. The average Bonchev–Trinajstić information content (AvgIpc) is 2.55. The van der Waals surface area contributed by atoms with Crippen molar-refractivity contribution in [1.29, 1.82) is 0 Å². The Morgan fingerprint density at radius 3 is 2.39 bits per heavy atom. The van der Waals surface area contributed by atoms with Crippen LogP contribution in [0.2, 0.25) is 5.02 Å². The number of nitrogens with one attached hydrogen (secondary N) is 2. The molecule has 0 radical (unpaired) electrons. The van der Waals surface area contributed by atoms with E-state index in [0.29, 0.717) is 23.0 Å². The van der Waals surface area contributed by atoms with E-state index >= 15 is 0 Å². The van der Waals surface area contributed by atoms with E-state index < -0.39 is 6.04 Å². The Morgan fingerprint density at radius 2 is 1.83 bits per heavy atom. The van der Waals surface area contributed by atoms with Crippen LogP contribution in [0.5, 0.6) is 0 Å². The van der Waals surface area contributed by atoms with Gasteiger partial charge in [0.05, 0.1) is 0 Å². The van der Waals surface area contributed by atoms with Crippen LogP contribution >= 0.6 is 11.6 Å². The maximum Gasteiger partial charge on any atom is 0.251 e. The molecule has 23 heavy (non-hydrogen) atoms. The summed E-state index contributed by atoms with van der Waals surface area (Å²) in [4.78, 5) is 24.2. The summed E-state index contributed by atoms with van der Waals surface area (Å²) in [6.45, 7) is 6.66. The fourth-order valence-electron chi connectivity index (χ4n) is 2.29. The molecule has 1 aromatic carbocycles. The smallest absolute Gasteiger partial charge is 0.251 e. The van der Waals surface area contributed by atoms with E-state index in [9.17, 15) is 9.59 Å². The minimum Gasteiger partial charge on any atom is -0.354 e. The predicted molar refractivity (Wildman–Crippen MR) is 94.7 cm³/mol. The molecular formula is C18H27ClN2O2. The number of halogens is 1. The molecule has 5 heteroatoms. The summed E-state index contributed by atoms with van der Waals surface area (Å²) >= 11 is 5.80. The van der Waals surface area contributed by atoms with Crippen LogP contribution in [0.3, 0.4) is 0 Å². The lowest BCUT2D eigenvalue weighted by molar-refractivity contribution is -0.122. The lowest BCUT2D eigenvalue weighted by Crippen LogP contribution is -2.45. The van der Waals surface area contributed by atoms with Crippen molar-refractivity contribution in [3.8, 4) is 0 Å². The van der Waals surface area contributed by atoms with Crippen molar-refractivity contribution in [2.45, 2.75) is 52.5 Å². The molecule has 1 rings (SSSR count). The quantitative estimate of drug-likeness (QED) is 0.719. The normalized spacial score (nSPS) is 13.2. The van der Waals surface area contributed by atoms with Gasteiger partial charge < -0.3 is 10.6 Å². The van der Waals surface area contributed by atoms with E-state index in [-0.39, 0.29) is 11.8 Å². The van der Waals surface area contributed by atoms with Crippen molar-refractivity contribution >= 4 is 23.4 Å². The van der Waals surface area contributed by atoms with Crippen molar-refractivity contribution in [1.82, 2.24) is 10.6 Å². The third-order valence-electron chi connectivity index (χ3n) is 3.96. The number of carbonyl (C=O) groups is 2. The number of hydrogen-bond acceptors (Lipinski definition) is 2. The van der Waals surface area contributed by atoms with Gasteiger partial charge in [-0.15, -0.1) is 0 Å². The minimum atomic E-state index is -0.568. The fraction of sp³-hybridized carbons (Fsp3) is 0.556. The number of carbonyl (C=O) groups excluding carboxylic acids is 2. The summed E-state index contributed by atoms with van der Waals surface area (Å²) in [7, 11) is 0. The molecular weight excluding hydrogens is 312 g/mol. The van der Waals surface area contributed by atoms with Crippen molar-refractivity contribution in [3.05, 3.63) is 34.9 Å². The molecule has 0 saturated carbocycles. The molecule has 1 aromatic rings. The largest absolute Gasteiger partial charge is 0.354 e. The summed E-state index contributed by atoms with van der Waals surface area (Å²) in [5, 5.41) is 6.21. The van der Waals surface area contributed by atoms with Crippen LogP contribution in [0.4, 0.5) is 0 Å². The first-order valence-corrected chi connectivity index (χ1v) is 8.69. The third kappa shape index (κ3) is 7.04. The zero-order valence-electron chi connectivity index (χ0n) is 14.2. The highest BCUT2D eigenvalue weighted by Gasteiger charge is 2.17. The highest BCUT2D eigenvalue weighted by atomic mass is 35.5. The summed E-state index contributed by atoms with van der Waals surface area (Å²) in [6, 6.07) is 6.02. The Labute approximate surface area is 144 Å². The van der Waals surface area contributed by atoms with Crippen molar-refractivity contribution < 1.29 is 9.59 Å². The molecule has 0 spiro atoms. The standard InChI is InChI=1S/C18H27ClN2O2/c1-4-6-7-14(5-2)12-20-17(22)13(3)21-18(23)15-8-10-16(19)11-9-15/h8-11,13-14H,4-7,12H2,1-3H3,(H,20,22)(H,21,23). The molecule has 2 N–H and O–H groups in total. The third-order valence-corrected chi connectivity index (χ3v) is 4.21. The van der Waals surface area contributed by atoms with Crippen LogP contribution in [0.15, 0.2) is 24.3 Å². The molecule has 0 heterocycles. The molecule has 0 aliphatic heterocycles. The molecule has 0 aliphatic carbocycles. The van der Waals surface area contributed by atoms with Gasteiger partial charge in [0.15, 0.2) is 0 Å². The Balaban J connectivity index is 2.43. The zero-order valence-corrected chi connectivity index (χ0v) is 15.0. The summed E-state index contributed by atoms with van der Waals surface area (Å²) in [6.07, 6.45) is 4.51. The van der Waals surface area contributed by atoms with Gasteiger partial charge in [0.2, 0.25) is 5.91 Å². The second kappa shape index (κ2) is 10.3. The summed E-state index contributed by atoms with van der Waals surface area (Å²) in [5.74, 6) is 0.0719. The monoisotopic (exact) mass is 338 g/mol. The van der Waals surface area contributed by atoms with Crippen molar-refractivity contribution in [3.63, 3.8) is 0 Å². The molecule has 128 valence electrons. The van der Waals surface area contributed by atoms with Crippen molar-refractivity contribution in [2.75, 3.05) is 6.54 Å². The first-order chi connectivity index (χ1) is 11.0. The Bertz CT molecular complexity index is 502. The maximum atomic E-state index is 12.1. The van der Waals surface area contributed by atoms with Gasteiger partial charge in [-0.2, -0.15) is 0 Å². The summed E-state index contributed by atoms with van der Waals surface area (Å²) in [5.41, 5.74) is 0.489. The van der Waals surface area contributed by atoms with Gasteiger partial charge in [0.25, 0.3) is 5.91 Å².